The van der Waals surface area contributed by atoms with Gasteiger partial charge in [-0.25, -0.2) is 0 Å². The highest BCUT2D eigenvalue weighted by Gasteiger charge is 2.36. The quantitative estimate of drug-likeness (QED) is 0.479. The van der Waals surface area contributed by atoms with E-state index in [1.807, 2.05) is 0 Å². The zero-order valence-electron chi connectivity index (χ0n) is 10.3. The fraction of sp³-hybridized carbons (Fsp3) is 0.308. The minimum absolute atomic E-state index is 0.0528. The fourth-order valence-electron chi connectivity index (χ4n) is 1.96. The van der Waals surface area contributed by atoms with Crippen LogP contribution in [-0.4, -0.2) is 40.7 Å². The van der Waals surface area contributed by atoms with Gasteiger partial charge in [0.2, 0.25) is 0 Å². The second-order valence-electron chi connectivity index (χ2n) is 4.15. The summed E-state index contributed by atoms with van der Waals surface area (Å²) in [4.78, 5) is 36.2. The van der Waals surface area contributed by atoms with Gasteiger partial charge in [-0.2, -0.15) is 0 Å². The van der Waals surface area contributed by atoms with E-state index in [0.29, 0.717) is 16.5 Å². The smallest absolute Gasteiger partial charge is 0.302 e. The average molecular weight is 326 g/mol. The van der Waals surface area contributed by atoms with E-state index in [9.17, 15) is 14.4 Å². The highest BCUT2D eigenvalue weighted by Crippen LogP contribution is 2.23. The zero-order chi connectivity index (χ0) is 14.0. The van der Waals surface area contributed by atoms with Gasteiger partial charge in [0.15, 0.2) is 0 Å². The summed E-state index contributed by atoms with van der Waals surface area (Å²) in [6.07, 6.45) is -0.542. The minimum Gasteiger partial charge on any atom is -0.460 e. The van der Waals surface area contributed by atoms with Gasteiger partial charge in [0.25, 0.3) is 11.8 Å². The predicted molar refractivity (Wildman–Crippen MR) is 71.2 cm³/mol. The molecule has 0 bridgehead atoms. The van der Waals surface area contributed by atoms with Gasteiger partial charge in [0.05, 0.1) is 17.7 Å². The molecule has 100 valence electrons. The number of esters is 1. The summed E-state index contributed by atoms with van der Waals surface area (Å²) in [5.41, 5.74) is 0.785. The van der Waals surface area contributed by atoms with Gasteiger partial charge in [-0.3, -0.25) is 19.3 Å². The largest absolute Gasteiger partial charge is 0.460 e. The van der Waals surface area contributed by atoms with E-state index < -0.39 is 12.1 Å². The Labute approximate surface area is 118 Å². The lowest BCUT2D eigenvalue weighted by molar-refractivity contribution is -0.145. The molecule has 0 fully saturated rings. The summed E-state index contributed by atoms with van der Waals surface area (Å²) in [5, 5.41) is 0.361. The molecule has 0 saturated heterocycles. The molecule has 1 aromatic carbocycles. The van der Waals surface area contributed by atoms with Gasteiger partial charge >= 0.3 is 5.97 Å². The van der Waals surface area contributed by atoms with Gasteiger partial charge < -0.3 is 4.74 Å². The zero-order valence-corrected chi connectivity index (χ0v) is 11.8. The van der Waals surface area contributed by atoms with Crippen molar-refractivity contribution in [3.63, 3.8) is 0 Å². The Balaban J connectivity index is 2.17. The Bertz CT molecular complexity index is 508. The number of nitrogens with zero attached hydrogens (tertiary/aromatic N) is 1. The second kappa shape index (κ2) is 5.52. The lowest BCUT2D eigenvalue weighted by Gasteiger charge is -2.20. The topological polar surface area (TPSA) is 63.7 Å². The predicted octanol–water partition coefficient (Wildman–Crippen LogP) is 1.61. The van der Waals surface area contributed by atoms with Crippen LogP contribution < -0.4 is 0 Å². The second-order valence-corrected chi connectivity index (χ2v) is 4.80. The van der Waals surface area contributed by atoms with Crippen molar-refractivity contribution in [1.29, 1.82) is 0 Å². The van der Waals surface area contributed by atoms with Crippen LogP contribution in [0.15, 0.2) is 24.3 Å². The van der Waals surface area contributed by atoms with Crippen LogP contribution in [0.3, 0.4) is 0 Å². The van der Waals surface area contributed by atoms with E-state index in [-0.39, 0.29) is 18.4 Å². The van der Waals surface area contributed by atoms with Gasteiger partial charge in [0.1, 0.15) is 6.10 Å². The van der Waals surface area contributed by atoms with E-state index in [1.165, 1.54) is 6.92 Å². The summed E-state index contributed by atoms with van der Waals surface area (Å²) >= 11 is 3.20. The molecule has 2 amide bonds. The molecule has 0 radical (unpaired) electrons. The number of imide groups is 1. The fourth-order valence-corrected chi connectivity index (χ4v) is 2.30. The van der Waals surface area contributed by atoms with Crippen molar-refractivity contribution < 1.29 is 19.1 Å². The van der Waals surface area contributed by atoms with E-state index in [0.717, 1.165) is 4.90 Å². The third-order valence-corrected chi connectivity index (χ3v) is 3.49. The summed E-state index contributed by atoms with van der Waals surface area (Å²) in [6.45, 7) is 1.34. The number of fused-ring (bicyclic) bond motifs is 1. The Hall–Kier alpha value is -1.69. The molecule has 6 heteroatoms. The summed E-state index contributed by atoms with van der Waals surface area (Å²) in [6, 6.07) is 6.65. The molecule has 0 unspecified atom stereocenters. The number of hydrogen-bond donors (Lipinski definition) is 0. The molecule has 0 saturated carbocycles. The molecule has 19 heavy (non-hydrogen) atoms. The van der Waals surface area contributed by atoms with E-state index >= 15 is 0 Å². The average Bonchev–Trinajstić information content (AvgIpc) is 2.63. The molecule has 0 aromatic heterocycles. The van der Waals surface area contributed by atoms with Crippen molar-refractivity contribution in [2.45, 2.75) is 13.0 Å². The van der Waals surface area contributed by atoms with Gasteiger partial charge in [-0.1, -0.05) is 28.1 Å². The molecular formula is C13H12BrNO4. The maximum atomic E-state index is 12.1. The lowest BCUT2D eigenvalue weighted by Crippen LogP contribution is -2.39. The molecule has 1 aromatic rings. The first kappa shape index (κ1) is 13.7. The summed E-state index contributed by atoms with van der Waals surface area (Å²) < 4.78 is 5.03. The Morgan fingerprint density at radius 1 is 1.26 bits per heavy atom. The number of carbonyl (C=O) groups excluding carboxylic acids is 3. The highest BCUT2D eigenvalue weighted by molar-refractivity contribution is 9.09. The molecular weight excluding hydrogens is 314 g/mol. The van der Waals surface area contributed by atoms with Crippen LogP contribution in [-0.2, 0) is 9.53 Å². The molecule has 2 rings (SSSR count). The molecule has 5 nitrogen and oxygen atoms in total. The number of benzene rings is 1. The van der Waals surface area contributed by atoms with Crippen molar-refractivity contribution in [1.82, 2.24) is 4.90 Å². The number of rotatable bonds is 4. The Kier molecular flexibility index (Phi) is 3.99. The van der Waals surface area contributed by atoms with Crippen LogP contribution in [0.5, 0.6) is 0 Å². The van der Waals surface area contributed by atoms with Crippen molar-refractivity contribution >= 4 is 33.7 Å². The van der Waals surface area contributed by atoms with Crippen LogP contribution in [0.4, 0.5) is 0 Å². The van der Waals surface area contributed by atoms with Gasteiger partial charge in [0, 0.05) is 12.3 Å². The standard InChI is InChI=1S/C13H12BrNO4/c1-8(16)19-9(6-14)7-15-12(17)10-4-2-3-5-11(10)13(15)18/h2-5,9H,6-7H2,1H3/t9-/m1/s1. The van der Waals surface area contributed by atoms with Crippen LogP contribution in [0.2, 0.25) is 0 Å². The third-order valence-electron chi connectivity index (χ3n) is 2.77. The van der Waals surface area contributed by atoms with Crippen LogP contribution in [0, 0.1) is 0 Å². The number of hydrogen-bond acceptors (Lipinski definition) is 4. The number of ether oxygens (including phenoxy) is 1. The summed E-state index contributed by atoms with van der Waals surface area (Å²) in [7, 11) is 0. The Morgan fingerprint density at radius 3 is 2.21 bits per heavy atom. The van der Waals surface area contributed by atoms with Gasteiger partial charge in [-0.05, 0) is 12.1 Å². The van der Waals surface area contributed by atoms with E-state index in [1.54, 1.807) is 24.3 Å². The van der Waals surface area contributed by atoms with Crippen LogP contribution in [0.1, 0.15) is 27.6 Å². The molecule has 1 heterocycles. The van der Waals surface area contributed by atoms with Crippen molar-refractivity contribution in [3.8, 4) is 0 Å². The lowest BCUT2D eigenvalue weighted by atomic mass is 10.1. The molecule has 1 aliphatic rings. The normalized spacial score (nSPS) is 15.4. The molecule has 0 N–H and O–H groups in total. The first-order chi connectivity index (χ1) is 9.04. The number of halogens is 1. The van der Waals surface area contributed by atoms with Crippen LogP contribution >= 0.6 is 15.9 Å². The molecule has 1 aliphatic heterocycles. The Morgan fingerprint density at radius 2 is 1.79 bits per heavy atom. The van der Waals surface area contributed by atoms with Crippen LogP contribution in [0.25, 0.3) is 0 Å². The van der Waals surface area contributed by atoms with Crippen molar-refractivity contribution in [3.05, 3.63) is 35.4 Å². The van der Waals surface area contributed by atoms with Crippen molar-refractivity contribution in [2.24, 2.45) is 0 Å². The van der Waals surface area contributed by atoms with E-state index in [2.05, 4.69) is 15.9 Å². The first-order valence-corrected chi connectivity index (χ1v) is 6.85. The number of carbonyl (C=O) groups is 3. The number of alkyl halides is 1. The minimum atomic E-state index is -0.542. The van der Waals surface area contributed by atoms with Crippen molar-refractivity contribution in [2.75, 3.05) is 11.9 Å². The maximum Gasteiger partial charge on any atom is 0.302 e. The SMILES string of the molecule is CC(=O)O[C@H](CBr)CN1C(=O)c2ccccc2C1=O. The highest BCUT2D eigenvalue weighted by atomic mass is 79.9. The van der Waals surface area contributed by atoms with E-state index in [4.69, 9.17) is 4.74 Å². The first-order valence-electron chi connectivity index (χ1n) is 5.73. The maximum absolute atomic E-state index is 12.1. The molecule has 0 spiro atoms. The van der Waals surface area contributed by atoms with Gasteiger partial charge in [-0.15, -0.1) is 0 Å². The summed E-state index contributed by atoms with van der Waals surface area (Å²) in [5.74, 6) is -1.14. The monoisotopic (exact) mass is 325 g/mol. The molecule has 1 atom stereocenters. The number of amides is 2. The molecule has 0 aliphatic carbocycles. The third kappa shape index (κ3) is 2.68.